The summed E-state index contributed by atoms with van der Waals surface area (Å²) in [7, 11) is 0. The standard InChI is InChI=1S/C32H31N3O2/c1-22-12-14-27(18-23(22)2)35-21-26(20-31(35)36)32-33-29-10-5-6-11-30(29)34(32)16-7-17-37-28-15-13-24-8-3-4-9-25(24)19-28/h3-6,8-15,18-19,26H,7,16-17,20-21H2,1-2H3. The van der Waals surface area contributed by atoms with Gasteiger partial charge in [0.25, 0.3) is 0 Å². The molecule has 0 N–H and O–H groups in total. The Hall–Kier alpha value is -4.12. The Balaban J connectivity index is 1.19. The van der Waals surface area contributed by atoms with Crippen molar-refractivity contribution in [2.45, 2.75) is 39.2 Å². The number of aromatic nitrogens is 2. The van der Waals surface area contributed by atoms with Crippen molar-refractivity contribution in [3.8, 4) is 5.75 Å². The molecule has 0 radical (unpaired) electrons. The minimum absolute atomic E-state index is 0.0583. The Kier molecular flexibility index (Phi) is 6.13. The summed E-state index contributed by atoms with van der Waals surface area (Å²) in [5.74, 6) is 2.10. The highest BCUT2D eigenvalue weighted by Crippen LogP contribution is 2.34. The quantitative estimate of drug-likeness (QED) is 0.236. The van der Waals surface area contributed by atoms with Gasteiger partial charge in [0.1, 0.15) is 11.6 Å². The normalized spacial score (nSPS) is 15.7. The molecule has 1 amide bonds. The fourth-order valence-electron chi connectivity index (χ4n) is 5.33. The summed E-state index contributed by atoms with van der Waals surface area (Å²) in [6, 6.07) is 29.1. The summed E-state index contributed by atoms with van der Waals surface area (Å²) >= 11 is 0. The van der Waals surface area contributed by atoms with Crippen LogP contribution in [-0.4, -0.2) is 28.6 Å². The van der Waals surface area contributed by atoms with Gasteiger partial charge in [0.2, 0.25) is 5.91 Å². The predicted molar refractivity (Wildman–Crippen MR) is 149 cm³/mol. The number of rotatable bonds is 7. The maximum Gasteiger partial charge on any atom is 0.227 e. The van der Waals surface area contributed by atoms with Crippen LogP contribution in [0.4, 0.5) is 5.69 Å². The summed E-state index contributed by atoms with van der Waals surface area (Å²) in [5.41, 5.74) is 5.50. The van der Waals surface area contributed by atoms with Crippen molar-refractivity contribution in [2.75, 3.05) is 18.1 Å². The first-order valence-electron chi connectivity index (χ1n) is 13.0. The molecule has 1 saturated heterocycles. The molecule has 1 aromatic heterocycles. The number of fused-ring (bicyclic) bond motifs is 2. The Bertz CT molecular complexity index is 1600. The highest BCUT2D eigenvalue weighted by Gasteiger charge is 2.34. The summed E-state index contributed by atoms with van der Waals surface area (Å²) in [4.78, 5) is 20.0. The Labute approximate surface area is 217 Å². The van der Waals surface area contributed by atoms with E-state index in [-0.39, 0.29) is 11.8 Å². The van der Waals surface area contributed by atoms with E-state index in [0.717, 1.165) is 41.3 Å². The molecule has 1 aliphatic heterocycles. The summed E-state index contributed by atoms with van der Waals surface area (Å²) in [6.45, 7) is 6.24. The molecular formula is C32H31N3O2. The first-order valence-corrected chi connectivity index (χ1v) is 13.0. The third-order valence-electron chi connectivity index (χ3n) is 7.49. The van der Waals surface area contributed by atoms with Crippen molar-refractivity contribution in [1.82, 2.24) is 9.55 Å². The van der Waals surface area contributed by atoms with Gasteiger partial charge in [-0.1, -0.05) is 48.5 Å². The average Bonchev–Trinajstić information content (AvgIpc) is 3.48. The molecule has 1 unspecified atom stereocenters. The second-order valence-electron chi connectivity index (χ2n) is 10.00. The smallest absolute Gasteiger partial charge is 0.227 e. The number of para-hydroxylation sites is 2. The van der Waals surface area contributed by atoms with Crippen LogP contribution in [-0.2, 0) is 11.3 Å². The number of aryl methyl sites for hydroxylation is 3. The Morgan fingerprint density at radius 2 is 1.70 bits per heavy atom. The monoisotopic (exact) mass is 489 g/mol. The third-order valence-corrected chi connectivity index (χ3v) is 7.49. The van der Waals surface area contributed by atoms with Crippen LogP contribution < -0.4 is 9.64 Å². The van der Waals surface area contributed by atoms with Crippen LogP contribution in [0.15, 0.2) is 84.9 Å². The van der Waals surface area contributed by atoms with Crippen molar-refractivity contribution in [3.05, 3.63) is 102 Å². The van der Waals surface area contributed by atoms with Crippen LogP contribution >= 0.6 is 0 Å². The van der Waals surface area contributed by atoms with E-state index in [2.05, 4.69) is 85.1 Å². The van der Waals surface area contributed by atoms with E-state index >= 15 is 0 Å². The first kappa shape index (κ1) is 23.3. The number of carbonyl (C=O) groups is 1. The van der Waals surface area contributed by atoms with E-state index in [0.29, 0.717) is 19.6 Å². The zero-order valence-electron chi connectivity index (χ0n) is 21.4. The predicted octanol–water partition coefficient (Wildman–Crippen LogP) is 6.80. The number of carbonyl (C=O) groups excluding carboxylic acids is 1. The van der Waals surface area contributed by atoms with E-state index in [1.807, 2.05) is 23.1 Å². The highest BCUT2D eigenvalue weighted by atomic mass is 16.5. The van der Waals surface area contributed by atoms with Gasteiger partial charge in [0.15, 0.2) is 0 Å². The lowest BCUT2D eigenvalue weighted by Gasteiger charge is -2.18. The van der Waals surface area contributed by atoms with Crippen molar-refractivity contribution < 1.29 is 9.53 Å². The molecule has 4 aromatic carbocycles. The molecule has 0 aliphatic carbocycles. The summed E-state index contributed by atoms with van der Waals surface area (Å²) < 4.78 is 8.40. The molecule has 0 bridgehead atoms. The second kappa shape index (κ2) is 9.74. The molecule has 6 rings (SSSR count). The van der Waals surface area contributed by atoms with Crippen LogP contribution in [0.2, 0.25) is 0 Å². The second-order valence-corrected chi connectivity index (χ2v) is 10.00. The van der Waals surface area contributed by atoms with Crippen molar-refractivity contribution in [2.24, 2.45) is 0 Å². The number of ether oxygens (including phenoxy) is 1. The van der Waals surface area contributed by atoms with Crippen molar-refractivity contribution in [3.63, 3.8) is 0 Å². The zero-order valence-corrected chi connectivity index (χ0v) is 21.4. The number of nitrogens with zero attached hydrogens (tertiary/aromatic N) is 3. The number of hydrogen-bond acceptors (Lipinski definition) is 3. The van der Waals surface area contributed by atoms with Crippen LogP contribution in [0, 0.1) is 13.8 Å². The molecule has 1 atom stereocenters. The van der Waals surface area contributed by atoms with Crippen LogP contribution in [0.1, 0.15) is 35.7 Å². The molecule has 37 heavy (non-hydrogen) atoms. The molecule has 186 valence electrons. The number of hydrogen-bond donors (Lipinski definition) is 0. The fraction of sp³-hybridized carbons (Fsp3) is 0.250. The van der Waals surface area contributed by atoms with Gasteiger partial charge >= 0.3 is 0 Å². The van der Waals surface area contributed by atoms with Gasteiger partial charge in [0.05, 0.1) is 17.6 Å². The first-order chi connectivity index (χ1) is 18.1. The number of anilines is 1. The molecule has 5 heteroatoms. The molecule has 0 spiro atoms. The Morgan fingerprint density at radius 1 is 0.892 bits per heavy atom. The minimum atomic E-state index is 0.0583. The van der Waals surface area contributed by atoms with E-state index in [1.165, 1.54) is 21.9 Å². The number of benzene rings is 4. The average molecular weight is 490 g/mol. The molecule has 5 aromatic rings. The topological polar surface area (TPSA) is 47.4 Å². The van der Waals surface area contributed by atoms with Gasteiger partial charge in [-0.05, 0) is 78.6 Å². The van der Waals surface area contributed by atoms with Gasteiger partial charge in [0, 0.05) is 31.1 Å². The van der Waals surface area contributed by atoms with Gasteiger partial charge in [-0.3, -0.25) is 4.79 Å². The largest absolute Gasteiger partial charge is 0.494 e. The lowest BCUT2D eigenvalue weighted by atomic mass is 10.1. The summed E-state index contributed by atoms with van der Waals surface area (Å²) in [6.07, 6.45) is 1.32. The maximum atomic E-state index is 13.1. The van der Waals surface area contributed by atoms with Gasteiger partial charge in [-0.15, -0.1) is 0 Å². The molecule has 1 aliphatic rings. The molecular weight excluding hydrogens is 458 g/mol. The van der Waals surface area contributed by atoms with E-state index in [4.69, 9.17) is 9.72 Å². The van der Waals surface area contributed by atoms with Crippen LogP contribution in [0.3, 0.4) is 0 Å². The van der Waals surface area contributed by atoms with Crippen molar-refractivity contribution >= 4 is 33.4 Å². The lowest BCUT2D eigenvalue weighted by Crippen LogP contribution is -2.24. The zero-order chi connectivity index (χ0) is 25.4. The van der Waals surface area contributed by atoms with Gasteiger partial charge in [-0.2, -0.15) is 0 Å². The van der Waals surface area contributed by atoms with E-state index in [9.17, 15) is 4.79 Å². The Morgan fingerprint density at radius 3 is 2.57 bits per heavy atom. The summed E-state index contributed by atoms with van der Waals surface area (Å²) in [5, 5.41) is 2.40. The highest BCUT2D eigenvalue weighted by molar-refractivity contribution is 5.96. The van der Waals surface area contributed by atoms with E-state index < -0.39 is 0 Å². The lowest BCUT2D eigenvalue weighted by molar-refractivity contribution is -0.117. The fourth-order valence-corrected chi connectivity index (χ4v) is 5.33. The minimum Gasteiger partial charge on any atom is -0.494 e. The van der Waals surface area contributed by atoms with Gasteiger partial charge in [-0.25, -0.2) is 4.98 Å². The SMILES string of the molecule is Cc1ccc(N2CC(c3nc4ccccc4n3CCCOc3ccc4ccccc4c3)CC2=O)cc1C. The molecule has 0 saturated carbocycles. The number of amides is 1. The third kappa shape index (κ3) is 4.57. The molecule has 1 fully saturated rings. The van der Waals surface area contributed by atoms with Crippen LogP contribution in [0.25, 0.3) is 21.8 Å². The number of imidazole rings is 1. The van der Waals surface area contributed by atoms with Gasteiger partial charge < -0.3 is 14.2 Å². The molecule has 5 nitrogen and oxygen atoms in total. The molecule has 2 heterocycles. The van der Waals surface area contributed by atoms with E-state index in [1.54, 1.807) is 0 Å². The van der Waals surface area contributed by atoms with Crippen molar-refractivity contribution in [1.29, 1.82) is 0 Å². The maximum absolute atomic E-state index is 13.1. The van der Waals surface area contributed by atoms with Crippen LogP contribution in [0.5, 0.6) is 5.75 Å².